The highest BCUT2D eigenvalue weighted by atomic mass is 16.5. The Morgan fingerprint density at radius 2 is 1.45 bits per heavy atom. The van der Waals surface area contributed by atoms with Gasteiger partial charge in [0.2, 0.25) is 0 Å². The van der Waals surface area contributed by atoms with E-state index in [0.29, 0.717) is 26.4 Å². The SMILES string of the molecule is Nc1ccc(N2C(COCCO)CCC2COCCO)cc1. The molecule has 1 saturated heterocycles. The van der Waals surface area contributed by atoms with E-state index in [9.17, 15) is 0 Å². The van der Waals surface area contributed by atoms with Gasteiger partial charge < -0.3 is 30.3 Å². The topological polar surface area (TPSA) is 88.2 Å². The average molecular weight is 310 g/mol. The number of nitrogens with zero attached hydrogens (tertiary/aromatic N) is 1. The standard InChI is InChI=1S/C16H26N2O4/c17-13-1-3-14(4-2-13)18-15(11-21-9-7-19)5-6-16(18)12-22-10-8-20/h1-4,15-16,19-20H,5-12,17H2. The zero-order chi connectivity index (χ0) is 15.8. The van der Waals surface area contributed by atoms with Gasteiger partial charge >= 0.3 is 0 Å². The van der Waals surface area contributed by atoms with Crippen LogP contribution in [0.15, 0.2) is 24.3 Å². The number of anilines is 2. The van der Waals surface area contributed by atoms with Crippen LogP contribution >= 0.6 is 0 Å². The lowest BCUT2D eigenvalue weighted by atomic mass is 10.2. The zero-order valence-electron chi connectivity index (χ0n) is 12.9. The average Bonchev–Trinajstić information content (AvgIpc) is 2.92. The lowest BCUT2D eigenvalue weighted by Gasteiger charge is -2.32. The normalized spacial score (nSPS) is 21.5. The van der Waals surface area contributed by atoms with Gasteiger partial charge in [-0.3, -0.25) is 0 Å². The van der Waals surface area contributed by atoms with E-state index in [1.807, 2.05) is 24.3 Å². The Bertz CT molecular complexity index is 409. The molecule has 4 N–H and O–H groups in total. The fraction of sp³-hybridized carbons (Fsp3) is 0.625. The van der Waals surface area contributed by atoms with Gasteiger partial charge in [0, 0.05) is 11.4 Å². The van der Waals surface area contributed by atoms with E-state index in [2.05, 4.69) is 4.90 Å². The van der Waals surface area contributed by atoms with Crippen LogP contribution < -0.4 is 10.6 Å². The third-order valence-electron chi connectivity index (χ3n) is 3.90. The Labute approximate surface area is 131 Å². The maximum absolute atomic E-state index is 8.85. The molecule has 6 nitrogen and oxygen atoms in total. The van der Waals surface area contributed by atoms with E-state index in [0.717, 1.165) is 24.2 Å². The van der Waals surface area contributed by atoms with E-state index in [4.69, 9.17) is 25.4 Å². The number of aliphatic hydroxyl groups is 2. The third-order valence-corrected chi connectivity index (χ3v) is 3.90. The monoisotopic (exact) mass is 310 g/mol. The van der Waals surface area contributed by atoms with Crippen LogP contribution in [0.25, 0.3) is 0 Å². The smallest absolute Gasteiger partial charge is 0.0698 e. The van der Waals surface area contributed by atoms with Crippen LogP contribution in [0.1, 0.15) is 12.8 Å². The number of rotatable bonds is 9. The molecule has 22 heavy (non-hydrogen) atoms. The van der Waals surface area contributed by atoms with Gasteiger partial charge in [0.25, 0.3) is 0 Å². The first-order valence-electron chi connectivity index (χ1n) is 7.77. The maximum atomic E-state index is 8.85. The van der Waals surface area contributed by atoms with Crippen molar-refractivity contribution in [3.8, 4) is 0 Å². The Morgan fingerprint density at radius 1 is 0.955 bits per heavy atom. The summed E-state index contributed by atoms with van der Waals surface area (Å²) in [6.07, 6.45) is 2.03. The van der Waals surface area contributed by atoms with Gasteiger partial charge in [0.1, 0.15) is 0 Å². The molecule has 6 heteroatoms. The van der Waals surface area contributed by atoms with Crippen LogP contribution in [-0.4, -0.2) is 61.9 Å². The first-order chi connectivity index (χ1) is 10.8. The van der Waals surface area contributed by atoms with Gasteiger partial charge in [0.05, 0.1) is 51.7 Å². The highest BCUT2D eigenvalue weighted by molar-refractivity contribution is 5.55. The van der Waals surface area contributed by atoms with Gasteiger partial charge in [-0.2, -0.15) is 0 Å². The van der Waals surface area contributed by atoms with Crippen LogP contribution in [0.2, 0.25) is 0 Å². The molecule has 0 aromatic heterocycles. The van der Waals surface area contributed by atoms with Crippen molar-refractivity contribution in [3.63, 3.8) is 0 Å². The zero-order valence-corrected chi connectivity index (χ0v) is 12.9. The lowest BCUT2D eigenvalue weighted by molar-refractivity contribution is 0.0761. The Kier molecular flexibility index (Phi) is 6.92. The van der Waals surface area contributed by atoms with Crippen molar-refractivity contribution >= 4 is 11.4 Å². The van der Waals surface area contributed by atoms with E-state index < -0.39 is 0 Å². The molecular weight excluding hydrogens is 284 g/mol. The molecular formula is C16H26N2O4. The minimum absolute atomic E-state index is 0.0393. The first kappa shape index (κ1) is 17.0. The molecule has 1 aliphatic heterocycles. The van der Waals surface area contributed by atoms with Gasteiger partial charge in [-0.05, 0) is 37.1 Å². The summed E-state index contributed by atoms with van der Waals surface area (Å²) in [6, 6.07) is 8.34. The van der Waals surface area contributed by atoms with Crippen molar-refractivity contribution in [1.82, 2.24) is 0 Å². The van der Waals surface area contributed by atoms with Gasteiger partial charge in [-0.25, -0.2) is 0 Å². The molecule has 1 fully saturated rings. The van der Waals surface area contributed by atoms with E-state index in [1.165, 1.54) is 0 Å². The minimum Gasteiger partial charge on any atom is -0.399 e. The van der Waals surface area contributed by atoms with Gasteiger partial charge in [0.15, 0.2) is 0 Å². The molecule has 2 atom stereocenters. The second-order valence-electron chi connectivity index (χ2n) is 5.48. The molecule has 1 aromatic rings. The highest BCUT2D eigenvalue weighted by Gasteiger charge is 2.33. The van der Waals surface area contributed by atoms with Gasteiger partial charge in [-0.15, -0.1) is 0 Å². The molecule has 2 unspecified atom stereocenters. The van der Waals surface area contributed by atoms with E-state index in [1.54, 1.807) is 0 Å². The van der Waals surface area contributed by atoms with Crippen molar-refractivity contribution in [2.24, 2.45) is 0 Å². The van der Waals surface area contributed by atoms with Crippen molar-refractivity contribution in [2.45, 2.75) is 24.9 Å². The summed E-state index contributed by atoms with van der Waals surface area (Å²) < 4.78 is 11.0. The maximum Gasteiger partial charge on any atom is 0.0698 e. The number of benzene rings is 1. The molecule has 1 aromatic carbocycles. The van der Waals surface area contributed by atoms with Crippen LogP contribution in [0.5, 0.6) is 0 Å². The number of hydrogen-bond acceptors (Lipinski definition) is 6. The summed E-state index contributed by atoms with van der Waals surface area (Å²) in [6.45, 7) is 1.97. The summed E-state index contributed by atoms with van der Waals surface area (Å²) in [5.74, 6) is 0. The molecule has 0 amide bonds. The molecule has 1 aliphatic rings. The van der Waals surface area contributed by atoms with Gasteiger partial charge in [-0.1, -0.05) is 0 Å². The van der Waals surface area contributed by atoms with Crippen molar-refractivity contribution in [2.75, 3.05) is 50.3 Å². The van der Waals surface area contributed by atoms with Crippen LogP contribution in [0.4, 0.5) is 11.4 Å². The quantitative estimate of drug-likeness (QED) is 0.458. The van der Waals surface area contributed by atoms with Crippen molar-refractivity contribution < 1.29 is 19.7 Å². The summed E-state index contributed by atoms with van der Waals surface area (Å²) >= 11 is 0. The molecule has 2 rings (SSSR count). The Hall–Kier alpha value is -1.34. The van der Waals surface area contributed by atoms with Crippen molar-refractivity contribution in [1.29, 1.82) is 0 Å². The number of hydrogen-bond donors (Lipinski definition) is 3. The number of nitrogen functional groups attached to an aromatic ring is 1. The Morgan fingerprint density at radius 3 is 1.91 bits per heavy atom. The second kappa shape index (κ2) is 8.95. The molecule has 0 spiro atoms. The molecule has 0 aliphatic carbocycles. The predicted octanol–water partition coefficient (Wildman–Crippen LogP) is 0.624. The summed E-state index contributed by atoms with van der Waals surface area (Å²) in [5, 5.41) is 17.7. The third kappa shape index (κ3) is 4.58. The lowest BCUT2D eigenvalue weighted by Crippen LogP contribution is -2.41. The number of aliphatic hydroxyl groups excluding tert-OH is 2. The minimum atomic E-state index is 0.0393. The summed E-state index contributed by atoms with van der Waals surface area (Å²) in [7, 11) is 0. The summed E-state index contributed by atoms with van der Waals surface area (Å²) in [5.41, 5.74) is 7.61. The van der Waals surface area contributed by atoms with Crippen LogP contribution in [0.3, 0.4) is 0 Å². The predicted molar refractivity (Wildman–Crippen MR) is 86.0 cm³/mol. The van der Waals surface area contributed by atoms with E-state index >= 15 is 0 Å². The molecule has 0 bridgehead atoms. The fourth-order valence-electron chi connectivity index (χ4n) is 2.92. The van der Waals surface area contributed by atoms with Crippen LogP contribution in [0, 0.1) is 0 Å². The fourth-order valence-corrected chi connectivity index (χ4v) is 2.92. The first-order valence-corrected chi connectivity index (χ1v) is 7.77. The Balaban J connectivity index is 2.04. The molecule has 0 saturated carbocycles. The number of nitrogens with two attached hydrogens (primary N) is 1. The second-order valence-corrected chi connectivity index (χ2v) is 5.48. The molecule has 124 valence electrons. The van der Waals surface area contributed by atoms with E-state index in [-0.39, 0.29) is 25.3 Å². The molecule has 0 radical (unpaired) electrons. The number of ether oxygens (including phenoxy) is 2. The van der Waals surface area contributed by atoms with Crippen LogP contribution in [-0.2, 0) is 9.47 Å². The largest absolute Gasteiger partial charge is 0.399 e. The van der Waals surface area contributed by atoms with Crippen molar-refractivity contribution in [3.05, 3.63) is 24.3 Å². The summed E-state index contributed by atoms with van der Waals surface area (Å²) in [4.78, 5) is 2.31. The highest BCUT2D eigenvalue weighted by Crippen LogP contribution is 2.31. The molecule has 1 heterocycles.